The van der Waals surface area contributed by atoms with Gasteiger partial charge in [-0.3, -0.25) is 4.79 Å². The van der Waals surface area contributed by atoms with Gasteiger partial charge in [0, 0.05) is 39.1 Å². The molecule has 2 unspecified atom stereocenters. The van der Waals surface area contributed by atoms with Crippen LogP contribution in [0.1, 0.15) is 19.2 Å². The zero-order chi connectivity index (χ0) is 14.3. The minimum Gasteiger partial charge on any atom is -0.380 e. The predicted molar refractivity (Wildman–Crippen MR) is 73.6 cm³/mol. The van der Waals surface area contributed by atoms with E-state index in [0.29, 0.717) is 25.4 Å². The van der Waals surface area contributed by atoms with Gasteiger partial charge in [0.25, 0.3) is 0 Å². The van der Waals surface area contributed by atoms with E-state index in [1.54, 1.807) is 13.3 Å². The van der Waals surface area contributed by atoms with Gasteiger partial charge in [0.1, 0.15) is 5.82 Å². The molecule has 0 fully saturated rings. The van der Waals surface area contributed by atoms with Gasteiger partial charge in [-0.05, 0) is 12.8 Å². The number of nitrogens with zero attached hydrogens (tertiary/aromatic N) is 2. The van der Waals surface area contributed by atoms with Gasteiger partial charge in [-0.2, -0.15) is 0 Å². The average molecular weight is 268 g/mol. The van der Waals surface area contributed by atoms with Crippen LogP contribution in [0.2, 0.25) is 0 Å². The van der Waals surface area contributed by atoms with E-state index in [0.717, 1.165) is 12.4 Å². The maximum Gasteiger partial charge on any atom is 0.222 e. The van der Waals surface area contributed by atoms with Gasteiger partial charge in [0.15, 0.2) is 0 Å². The molecule has 108 valence electrons. The van der Waals surface area contributed by atoms with Crippen LogP contribution in [0.4, 0.5) is 0 Å². The molecule has 0 aliphatic heterocycles. The second-order valence-corrected chi connectivity index (χ2v) is 4.83. The molecule has 1 aromatic rings. The van der Waals surface area contributed by atoms with Crippen LogP contribution in [-0.4, -0.2) is 41.8 Å². The van der Waals surface area contributed by atoms with E-state index in [4.69, 9.17) is 10.5 Å². The Labute approximate surface area is 114 Å². The molecule has 0 aromatic carbocycles. The molecule has 0 aliphatic carbocycles. The number of hydrogen-bond donors (Lipinski definition) is 2. The van der Waals surface area contributed by atoms with E-state index in [1.807, 2.05) is 13.1 Å². The average Bonchev–Trinajstić information content (AvgIpc) is 2.79. The number of amides is 1. The number of aryl methyl sites for hydroxylation is 1. The number of ether oxygens (including phenoxy) is 1. The number of carbonyl (C=O) groups is 1. The van der Waals surface area contributed by atoms with E-state index in [1.165, 1.54) is 0 Å². The van der Waals surface area contributed by atoms with Crippen LogP contribution >= 0.6 is 0 Å². The molecule has 0 saturated heterocycles. The van der Waals surface area contributed by atoms with Crippen molar-refractivity contribution in [2.24, 2.45) is 11.7 Å². The van der Waals surface area contributed by atoms with Crippen LogP contribution in [0.5, 0.6) is 0 Å². The topological polar surface area (TPSA) is 82.2 Å². The van der Waals surface area contributed by atoms with Crippen LogP contribution < -0.4 is 11.1 Å². The molecule has 1 rings (SSSR count). The molecular formula is C13H24N4O2. The Balaban J connectivity index is 2.28. The summed E-state index contributed by atoms with van der Waals surface area (Å²) in [5.74, 6) is 1.31. The van der Waals surface area contributed by atoms with Crippen LogP contribution in [0, 0.1) is 12.8 Å². The molecule has 0 bridgehead atoms. The molecule has 1 aromatic heterocycles. The fourth-order valence-electron chi connectivity index (χ4n) is 1.83. The molecular weight excluding hydrogens is 244 g/mol. The molecule has 19 heavy (non-hydrogen) atoms. The lowest BCUT2D eigenvalue weighted by molar-refractivity contribution is -0.123. The molecule has 3 N–H and O–H groups in total. The number of rotatable bonds is 8. The van der Waals surface area contributed by atoms with Gasteiger partial charge < -0.3 is 20.4 Å². The van der Waals surface area contributed by atoms with Gasteiger partial charge >= 0.3 is 0 Å². The maximum atomic E-state index is 11.7. The summed E-state index contributed by atoms with van der Waals surface area (Å²) in [6.07, 6.45) is 3.84. The first-order chi connectivity index (χ1) is 9.06. The Bertz CT molecular complexity index is 388. The van der Waals surface area contributed by atoms with E-state index in [2.05, 4.69) is 21.8 Å². The van der Waals surface area contributed by atoms with Crippen molar-refractivity contribution in [2.45, 2.75) is 32.9 Å². The zero-order valence-electron chi connectivity index (χ0n) is 11.9. The minimum atomic E-state index is -0.203. The van der Waals surface area contributed by atoms with E-state index in [9.17, 15) is 4.79 Å². The Morgan fingerprint density at radius 3 is 2.89 bits per heavy atom. The number of aromatic nitrogens is 2. The quantitative estimate of drug-likeness (QED) is 0.711. The number of nitrogens with two attached hydrogens (primary N) is 1. The standard InChI is InChI=1S/C13H24N4O2/c1-10(9-17-5-4-15-11(17)2)8-16-13(18)6-12(7-14)19-3/h4-5,10,12H,6-9,14H2,1-3H3,(H,16,18). The Kier molecular flexibility index (Phi) is 6.52. The number of hydrogen-bond acceptors (Lipinski definition) is 4. The fourth-order valence-corrected chi connectivity index (χ4v) is 1.83. The van der Waals surface area contributed by atoms with Crippen LogP contribution in [0.15, 0.2) is 12.4 Å². The normalized spacial score (nSPS) is 14.1. The van der Waals surface area contributed by atoms with Crippen molar-refractivity contribution in [3.05, 3.63) is 18.2 Å². The third kappa shape index (κ3) is 5.40. The second kappa shape index (κ2) is 7.91. The molecule has 1 amide bonds. The van der Waals surface area contributed by atoms with Crippen molar-refractivity contribution in [3.8, 4) is 0 Å². The summed E-state index contributed by atoms with van der Waals surface area (Å²) in [6, 6.07) is 0. The van der Waals surface area contributed by atoms with E-state index < -0.39 is 0 Å². The van der Waals surface area contributed by atoms with Gasteiger partial charge in [-0.25, -0.2) is 4.98 Å². The molecule has 2 atom stereocenters. The lowest BCUT2D eigenvalue weighted by Crippen LogP contribution is -2.35. The molecule has 6 heteroatoms. The predicted octanol–water partition coefficient (Wildman–Crippen LogP) is 0.308. The highest BCUT2D eigenvalue weighted by Crippen LogP contribution is 2.03. The van der Waals surface area contributed by atoms with Crippen LogP contribution in [0.3, 0.4) is 0 Å². The maximum absolute atomic E-state index is 11.7. The number of nitrogens with one attached hydrogen (secondary N) is 1. The third-order valence-corrected chi connectivity index (χ3v) is 3.09. The van der Waals surface area contributed by atoms with Gasteiger partial charge in [-0.1, -0.05) is 6.92 Å². The SMILES string of the molecule is COC(CN)CC(=O)NCC(C)Cn1ccnc1C. The lowest BCUT2D eigenvalue weighted by Gasteiger charge is -2.16. The molecule has 0 radical (unpaired) electrons. The monoisotopic (exact) mass is 268 g/mol. The van der Waals surface area contributed by atoms with Crippen LogP contribution in [0.25, 0.3) is 0 Å². The first-order valence-electron chi connectivity index (χ1n) is 6.54. The van der Waals surface area contributed by atoms with Crippen molar-refractivity contribution in [1.29, 1.82) is 0 Å². The molecule has 1 heterocycles. The summed E-state index contributed by atoms with van der Waals surface area (Å²) >= 11 is 0. The third-order valence-electron chi connectivity index (χ3n) is 3.09. The highest BCUT2D eigenvalue weighted by atomic mass is 16.5. The Morgan fingerprint density at radius 1 is 1.63 bits per heavy atom. The Morgan fingerprint density at radius 2 is 2.37 bits per heavy atom. The second-order valence-electron chi connectivity index (χ2n) is 4.83. The van der Waals surface area contributed by atoms with Gasteiger partial charge in [0.05, 0.1) is 12.5 Å². The smallest absolute Gasteiger partial charge is 0.222 e. The van der Waals surface area contributed by atoms with E-state index >= 15 is 0 Å². The van der Waals surface area contributed by atoms with Crippen LogP contribution in [-0.2, 0) is 16.1 Å². The van der Waals surface area contributed by atoms with Crippen molar-refractivity contribution in [1.82, 2.24) is 14.9 Å². The fraction of sp³-hybridized carbons (Fsp3) is 0.692. The van der Waals surface area contributed by atoms with Crippen molar-refractivity contribution >= 4 is 5.91 Å². The van der Waals surface area contributed by atoms with Gasteiger partial charge in [0.2, 0.25) is 5.91 Å². The number of imidazole rings is 1. The molecule has 0 saturated carbocycles. The minimum absolute atomic E-state index is 0.0218. The summed E-state index contributed by atoms with van der Waals surface area (Å²) < 4.78 is 7.16. The first kappa shape index (κ1) is 15.7. The van der Waals surface area contributed by atoms with Crippen molar-refractivity contribution < 1.29 is 9.53 Å². The molecule has 0 spiro atoms. The number of carbonyl (C=O) groups excluding carboxylic acids is 1. The highest BCUT2D eigenvalue weighted by molar-refractivity contribution is 5.76. The summed E-state index contributed by atoms with van der Waals surface area (Å²) in [5.41, 5.74) is 5.48. The summed E-state index contributed by atoms with van der Waals surface area (Å²) in [5, 5.41) is 2.91. The largest absolute Gasteiger partial charge is 0.380 e. The first-order valence-corrected chi connectivity index (χ1v) is 6.54. The lowest BCUT2D eigenvalue weighted by atomic mass is 10.1. The summed E-state index contributed by atoms with van der Waals surface area (Å²) in [4.78, 5) is 15.9. The van der Waals surface area contributed by atoms with Crippen molar-refractivity contribution in [3.63, 3.8) is 0 Å². The molecule has 6 nitrogen and oxygen atoms in total. The summed E-state index contributed by atoms with van der Waals surface area (Å²) in [7, 11) is 1.56. The Hall–Kier alpha value is -1.40. The zero-order valence-corrected chi connectivity index (χ0v) is 11.9. The van der Waals surface area contributed by atoms with Gasteiger partial charge in [-0.15, -0.1) is 0 Å². The van der Waals surface area contributed by atoms with Crippen molar-refractivity contribution in [2.75, 3.05) is 20.2 Å². The highest BCUT2D eigenvalue weighted by Gasteiger charge is 2.12. The van der Waals surface area contributed by atoms with E-state index in [-0.39, 0.29) is 12.0 Å². The number of methoxy groups -OCH3 is 1. The summed E-state index contributed by atoms with van der Waals surface area (Å²) in [6.45, 7) is 5.90. The molecule has 0 aliphatic rings.